The van der Waals surface area contributed by atoms with Crippen LogP contribution in [-0.2, 0) is 0 Å². The first-order valence-electron chi connectivity index (χ1n) is 5.70. The predicted molar refractivity (Wildman–Crippen MR) is 76.8 cm³/mol. The topological polar surface area (TPSA) is 103 Å². The van der Waals surface area contributed by atoms with Crippen LogP contribution in [0.25, 0.3) is 0 Å². The zero-order valence-electron chi connectivity index (χ0n) is 10.7. The zero-order chi connectivity index (χ0) is 15.6. The Bertz CT molecular complexity index is 732. The number of nitrogens with zero attached hydrogens (tertiary/aromatic N) is 2. The van der Waals surface area contributed by atoms with Gasteiger partial charge in [-0.05, 0) is 25.1 Å². The van der Waals surface area contributed by atoms with Crippen LogP contribution in [0.4, 0.5) is 5.69 Å². The van der Waals surface area contributed by atoms with Gasteiger partial charge in [0.1, 0.15) is 0 Å². The molecule has 0 aliphatic carbocycles. The normalized spacial score (nSPS) is 10.2. The summed E-state index contributed by atoms with van der Waals surface area (Å²) >= 11 is 3.14. The lowest BCUT2D eigenvalue weighted by molar-refractivity contribution is -0.385. The molecule has 1 aromatic carbocycles. The first-order valence-corrected chi connectivity index (χ1v) is 6.50. The highest BCUT2D eigenvalue weighted by atomic mass is 79.9. The van der Waals surface area contributed by atoms with Crippen LogP contribution in [0.1, 0.15) is 16.1 Å². The van der Waals surface area contributed by atoms with E-state index in [4.69, 9.17) is 9.84 Å². The van der Waals surface area contributed by atoms with Gasteiger partial charge in [-0.2, -0.15) is 0 Å². The summed E-state index contributed by atoms with van der Waals surface area (Å²) in [5, 5.41) is 20.0. The number of rotatable bonds is 4. The van der Waals surface area contributed by atoms with Crippen molar-refractivity contribution in [2.24, 2.45) is 0 Å². The van der Waals surface area contributed by atoms with Crippen LogP contribution >= 0.6 is 15.9 Å². The van der Waals surface area contributed by atoms with Gasteiger partial charge in [0.25, 0.3) is 0 Å². The average molecular weight is 353 g/mol. The molecule has 0 amide bonds. The van der Waals surface area contributed by atoms with Gasteiger partial charge in [-0.3, -0.25) is 10.1 Å². The smallest absolute Gasteiger partial charge is 0.335 e. The van der Waals surface area contributed by atoms with Crippen molar-refractivity contribution >= 4 is 27.6 Å². The highest BCUT2D eigenvalue weighted by molar-refractivity contribution is 9.10. The SMILES string of the molecule is Cc1cc(C(=O)O)cc(Oc2ccc(Br)cc2[N+](=O)[O-])n1. The van der Waals surface area contributed by atoms with E-state index < -0.39 is 10.9 Å². The molecule has 7 nitrogen and oxygen atoms in total. The van der Waals surface area contributed by atoms with E-state index in [2.05, 4.69) is 20.9 Å². The Morgan fingerprint density at radius 3 is 2.71 bits per heavy atom. The zero-order valence-corrected chi connectivity index (χ0v) is 12.3. The summed E-state index contributed by atoms with van der Waals surface area (Å²) in [6.45, 7) is 1.61. The number of halogens is 1. The number of carboxylic acids is 1. The molecule has 0 radical (unpaired) electrons. The van der Waals surface area contributed by atoms with Crippen LogP contribution in [0.2, 0.25) is 0 Å². The fraction of sp³-hybridized carbons (Fsp3) is 0.0769. The molecule has 0 aliphatic heterocycles. The van der Waals surface area contributed by atoms with Gasteiger partial charge in [0.15, 0.2) is 0 Å². The Morgan fingerprint density at radius 1 is 1.38 bits per heavy atom. The van der Waals surface area contributed by atoms with Crippen molar-refractivity contribution in [2.75, 3.05) is 0 Å². The van der Waals surface area contributed by atoms with Gasteiger partial charge in [0.2, 0.25) is 11.6 Å². The Labute approximate surface area is 127 Å². The molecule has 1 N–H and O–H groups in total. The Morgan fingerprint density at radius 2 is 2.10 bits per heavy atom. The number of hydrogen-bond acceptors (Lipinski definition) is 5. The van der Waals surface area contributed by atoms with Crippen molar-refractivity contribution in [3.05, 3.63) is 56.2 Å². The van der Waals surface area contributed by atoms with Gasteiger partial charge >= 0.3 is 11.7 Å². The molecule has 1 aromatic heterocycles. The number of nitro groups is 1. The third kappa shape index (κ3) is 3.54. The van der Waals surface area contributed by atoms with Crippen molar-refractivity contribution in [2.45, 2.75) is 6.92 Å². The Kier molecular flexibility index (Phi) is 4.18. The van der Waals surface area contributed by atoms with Crippen molar-refractivity contribution in [3.63, 3.8) is 0 Å². The summed E-state index contributed by atoms with van der Waals surface area (Å²) in [5.41, 5.74) is 0.187. The molecule has 0 bridgehead atoms. The molecule has 0 saturated heterocycles. The predicted octanol–water partition coefficient (Wildman–Crippen LogP) is 3.55. The fourth-order valence-electron chi connectivity index (χ4n) is 1.65. The molecule has 0 saturated carbocycles. The molecule has 8 heteroatoms. The van der Waals surface area contributed by atoms with E-state index >= 15 is 0 Å². The molecule has 0 spiro atoms. The molecule has 0 atom stereocenters. The van der Waals surface area contributed by atoms with Gasteiger partial charge in [-0.25, -0.2) is 9.78 Å². The highest BCUT2D eigenvalue weighted by Crippen LogP contribution is 2.33. The van der Waals surface area contributed by atoms with Gasteiger partial charge in [-0.15, -0.1) is 0 Å². The number of carboxylic acid groups (broad SMARTS) is 1. The quantitative estimate of drug-likeness (QED) is 0.666. The van der Waals surface area contributed by atoms with Crippen LogP contribution in [-0.4, -0.2) is 21.0 Å². The van der Waals surface area contributed by atoms with Gasteiger partial charge in [0, 0.05) is 22.3 Å². The molecule has 0 fully saturated rings. The van der Waals surface area contributed by atoms with E-state index in [1.807, 2.05) is 0 Å². The summed E-state index contributed by atoms with van der Waals surface area (Å²) in [7, 11) is 0. The second-order valence-electron chi connectivity index (χ2n) is 4.11. The van der Waals surface area contributed by atoms with Crippen molar-refractivity contribution < 1.29 is 19.6 Å². The summed E-state index contributed by atoms with van der Waals surface area (Å²) in [6.07, 6.45) is 0. The van der Waals surface area contributed by atoms with E-state index in [1.165, 1.54) is 24.3 Å². The van der Waals surface area contributed by atoms with Gasteiger partial charge in [-0.1, -0.05) is 15.9 Å². The largest absolute Gasteiger partial charge is 0.478 e. The summed E-state index contributed by atoms with van der Waals surface area (Å²) < 4.78 is 5.89. The molecule has 0 unspecified atom stereocenters. The minimum atomic E-state index is -1.13. The van der Waals surface area contributed by atoms with Crippen LogP contribution in [0.3, 0.4) is 0 Å². The lowest BCUT2D eigenvalue weighted by Crippen LogP contribution is -2.01. The van der Waals surface area contributed by atoms with Crippen LogP contribution in [0, 0.1) is 17.0 Å². The maximum Gasteiger partial charge on any atom is 0.335 e. The van der Waals surface area contributed by atoms with Crippen LogP contribution in [0.15, 0.2) is 34.8 Å². The molecule has 108 valence electrons. The lowest BCUT2D eigenvalue weighted by Gasteiger charge is -2.07. The van der Waals surface area contributed by atoms with Gasteiger partial charge < -0.3 is 9.84 Å². The maximum absolute atomic E-state index is 11.0. The van der Waals surface area contributed by atoms with Crippen molar-refractivity contribution in [1.29, 1.82) is 0 Å². The summed E-state index contributed by atoms with van der Waals surface area (Å²) in [4.78, 5) is 25.4. The number of hydrogen-bond donors (Lipinski definition) is 1. The van der Waals surface area contributed by atoms with E-state index in [0.717, 1.165) is 0 Å². The Hall–Kier alpha value is -2.48. The molecule has 21 heavy (non-hydrogen) atoms. The molecular weight excluding hydrogens is 344 g/mol. The van der Waals surface area contributed by atoms with Crippen molar-refractivity contribution in [3.8, 4) is 11.6 Å². The second kappa shape index (κ2) is 5.88. The van der Waals surface area contributed by atoms with E-state index in [0.29, 0.717) is 10.2 Å². The average Bonchev–Trinajstić information content (AvgIpc) is 2.40. The first-order chi connectivity index (χ1) is 9.86. The summed E-state index contributed by atoms with van der Waals surface area (Å²) in [6, 6.07) is 6.87. The molecule has 2 aromatic rings. The minimum Gasteiger partial charge on any atom is -0.478 e. The van der Waals surface area contributed by atoms with Crippen molar-refractivity contribution in [1.82, 2.24) is 4.98 Å². The molecular formula is C13H9BrN2O5. The van der Waals surface area contributed by atoms with E-state index in [-0.39, 0.29) is 22.9 Å². The number of carbonyl (C=O) groups is 1. The van der Waals surface area contributed by atoms with E-state index in [9.17, 15) is 14.9 Å². The number of nitro benzene ring substituents is 1. The molecule has 0 aliphatic rings. The fourth-order valence-corrected chi connectivity index (χ4v) is 2.00. The highest BCUT2D eigenvalue weighted by Gasteiger charge is 2.17. The van der Waals surface area contributed by atoms with Crippen LogP contribution in [0.5, 0.6) is 11.6 Å². The first kappa shape index (κ1) is 14.9. The number of ether oxygens (including phenoxy) is 1. The standard InChI is InChI=1S/C13H9BrN2O5/c1-7-4-8(13(17)18)5-12(15-7)21-11-3-2-9(14)6-10(11)16(19)20/h2-6H,1H3,(H,17,18). The molecule has 1 heterocycles. The third-order valence-electron chi connectivity index (χ3n) is 2.51. The Balaban J connectivity index is 2.43. The van der Waals surface area contributed by atoms with Crippen LogP contribution < -0.4 is 4.74 Å². The number of benzene rings is 1. The third-order valence-corrected chi connectivity index (χ3v) is 3.00. The monoisotopic (exact) mass is 352 g/mol. The number of pyridine rings is 1. The number of aryl methyl sites for hydroxylation is 1. The maximum atomic E-state index is 11.0. The van der Waals surface area contributed by atoms with E-state index in [1.54, 1.807) is 13.0 Å². The van der Waals surface area contributed by atoms with Gasteiger partial charge in [0.05, 0.1) is 10.5 Å². The number of aromatic nitrogens is 1. The minimum absolute atomic E-state index is 0.00253. The lowest BCUT2D eigenvalue weighted by atomic mass is 10.2. The second-order valence-corrected chi connectivity index (χ2v) is 5.03. The molecule has 2 rings (SSSR count). The number of aromatic carboxylic acids is 1. The summed E-state index contributed by atoms with van der Waals surface area (Å²) in [5.74, 6) is -1.16.